The van der Waals surface area contributed by atoms with Gasteiger partial charge in [-0.25, -0.2) is 4.98 Å². The maximum Gasteiger partial charge on any atom is 0.122 e. The number of benzene rings is 1. The Kier molecular flexibility index (Phi) is 1.63. The molecule has 1 atom stereocenters. The Hall–Kier alpha value is -1.48. The summed E-state index contributed by atoms with van der Waals surface area (Å²) < 4.78 is 0. The van der Waals surface area contributed by atoms with Crippen molar-refractivity contribution in [1.82, 2.24) is 4.98 Å². The number of rotatable bonds is 0. The summed E-state index contributed by atoms with van der Waals surface area (Å²) in [6, 6.07) is 12.8. The summed E-state index contributed by atoms with van der Waals surface area (Å²) in [7, 11) is 0. The minimum atomic E-state index is 0.516. The van der Waals surface area contributed by atoms with Crippen LogP contribution in [0.5, 0.6) is 0 Å². The molecule has 1 aromatic heterocycles. The van der Waals surface area contributed by atoms with Crippen LogP contribution in [0, 0.1) is 0 Å². The van der Waals surface area contributed by atoms with Crippen LogP contribution >= 0.6 is 11.8 Å². The predicted octanol–water partition coefficient (Wildman–Crippen LogP) is 3.21. The third kappa shape index (κ3) is 1.01. The van der Waals surface area contributed by atoms with Crippen LogP contribution in [0.2, 0.25) is 0 Å². The first-order chi connectivity index (χ1) is 7.93. The maximum atomic E-state index is 4.44. The molecule has 2 aliphatic heterocycles. The number of fused-ring (bicyclic) bond motifs is 5. The van der Waals surface area contributed by atoms with Crippen LogP contribution in [-0.2, 0) is 6.42 Å². The van der Waals surface area contributed by atoms with Crippen molar-refractivity contribution >= 4 is 23.1 Å². The van der Waals surface area contributed by atoms with E-state index in [4.69, 9.17) is 0 Å². The van der Waals surface area contributed by atoms with E-state index in [2.05, 4.69) is 40.2 Å². The van der Waals surface area contributed by atoms with Gasteiger partial charge in [-0.3, -0.25) is 0 Å². The first-order valence-electron chi connectivity index (χ1n) is 5.42. The Morgan fingerprint density at radius 2 is 2.00 bits per heavy atom. The van der Waals surface area contributed by atoms with E-state index in [0.717, 1.165) is 6.42 Å². The van der Waals surface area contributed by atoms with Crippen LogP contribution in [-0.4, -0.2) is 10.4 Å². The lowest BCUT2D eigenvalue weighted by molar-refractivity contribution is 0.942. The molecule has 2 nitrogen and oxygen atoms in total. The van der Waals surface area contributed by atoms with Crippen molar-refractivity contribution in [2.24, 2.45) is 0 Å². The van der Waals surface area contributed by atoms with E-state index in [0.29, 0.717) is 5.37 Å². The number of para-hydroxylation sites is 1. The molecule has 0 bridgehead atoms. The average Bonchev–Trinajstić information content (AvgIpc) is 2.83. The minimum Gasteiger partial charge on any atom is -0.326 e. The van der Waals surface area contributed by atoms with E-state index in [1.54, 1.807) is 0 Å². The van der Waals surface area contributed by atoms with Crippen molar-refractivity contribution in [2.45, 2.75) is 16.8 Å². The molecule has 0 spiro atoms. The predicted molar refractivity (Wildman–Crippen MR) is 66.2 cm³/mol. The molecular weight excluding hydrogens is 216 g/mol. The lowest BCUT2D eigenvalue weighted by Crippen LogP contribution is -2.18. The fourth-order valence-corrected chi connectivity index (χ4v) is 3.78. The molecule has 0 saturated carbocycles. The van der Waals surface area contributed by atoms with Crippen LogP contribution < -0.4 is 4.90 Å². The highest BCUT2D eigenvalue weighted by Gasteiger charge is 2.38. The highest BCUT2D eigenvalue weighted by Crippen LogP contribution is 2.51. The van der Waals surface area contributed by atoms with Crippen molar-refractivity contribution in [2.75, 3.05) is 4.90 Å². The lowest BCUT2D eigenvalue weighted by atomic mass is 10.2. The summed E-state index contributed by atoms with van der Waals surface area (Å²) in [5, 5.41) is 1.68. The van der Waals surface area contributed by atoms with Gasteiger partial charge in [0, 0.05) is 18.3 Å². The molecule has 0 amide bonds. The van der Waals surface area contributed by atoms with Gasteiger partial charge in [-0.1, -0.05) is 30.0 Å². The smallest absolute Gasteiger partial charge is 0.122 e. The maximum absolute atomic E-state index is 4.44. The summed E-state index contributed by atoms with van der Waals surface area (Å²) in [6.07, 6.45) is 3.00. The lowest BCUT2D eigenvalue weighted by Gasteiger charge is -2.18. The van der Waals surface area contributed by atoms with E-state index in [9.17, 15) is 0 Å². The quantitative estimate of drug-likeness (QED) is 0.686. The van der Waals surface area contributed by atoms with Crippen LogP contribution in [0.15, 0.2) is 47.6 Å². The van der Waals surface area contributed by atoms with Crippen molar-refractivity contribution in [3.63, 3.8) is 0 Å². The third-order valence-electron chi connectivity index (χ3n) is 3.19. The Labute approximate surface area is 98.3 Å². The SMILES string of the molecule is c1ccc2c(c1)CC1Sc3ncccc3N21. The van der Waals surface area contributed by atoms with E-state index in [-0.39, 0.29) is 0 Å². The summed E-state index contributed by atoms with van der Waals surface area (Å²) in [5.74, 6) is 0. The van der Waals surface area contributed by atoms with Crippen molar-refractivity contribution in [3.8, 4) is 0 Å². The highest BCUT2D eigenvalue weighted by molar-refractivity contribution is 8.00. The highest BCUT2D eigenvalue weighted by atomic mass is 32.2. The number of thioether (sulfide) groups is 1. The number of nitrogens with zero attached hydrogens (tertiary/aromatic N) is 2. The fourth-order valence-electron chi connectivity index (χ4n) is 2.52. The molecule has 2 aromatic rings. The molecule has 0 fully saturated rings. The van der Waals surface area contributed by atoms with Gasteiger partial charge in [-0.2, -0.15) is 0 Å². The first-order valence-corrected chi connectivity index (χ1v) is 6.30. The zero-order valence-electron chi connectivity index (χ0n) is 8.63. The van der Waals surface area contributed by atoms with Crippen molar-refractivity contribution in [3.05, 3.63) is 48.2 Å². The fraction of sp³-hybridized carbons (Fsp3) is 0.154. The first kappa shape index (κ1) is 8.65. The van der Waals surface area contributed by atoms with Crippen molar-refractivity contribution < 1.29 is 0 Å². The second kappa shape index (κ2) is 3.01. The molecule has 0 radical (unpaired) electrons. The molecular formula is C13H10N2S. The summed E-state index contributed by atoms with van der Waals surface area (Å²) in [4.78, 5) is 6.85. The molecule has 0 saturated heterocycles. The van der Waals surface area contributed by atoms with Gasteiger partial charge in [-0.05, 0) is 23.8 Å². The normalized spacial score (nSPS) is 20.5. The number of aromatic nitrogens is 1. The van der Waals surface area contributed by atoms with Gasteiger partial charge >= 0.3 is 0 Å². The standard InChI is InChI=1S/C13H10N2S/c1-2-5-10-9(4-1)8-12-15(10)11-6-3-7-14-13(11)16-12/h1-7,12H,8H2. The van der Waals surface area contributed by atoms with Crippen molar-refractivity contribution in [1.29, 1.82) is 0 Å². The van der Waals surface area contributed by atoms with Crippen LogP contribution in [0.25, 0.3) is 0 Å². The van der Waals surface area contributed by atoms with Gasteiger partial charge in [0.2, 0.25) is 0 Å². The van der Waals surface area contributed by atoms with E-state index >= 15 is 0 Å². The van der Waals surface area contributed by atoms with Gasteiger partial charge in [-0.15, -0.1) is 0 Å². The largest absolute Gasteiger partial charge is 0.326 e. The number of hydrogen-bond donors (Lipinski definition) is 0. The third-order valence-corrected chi connectivity index (χ3v) is 4.38. The number of anilines is 2. The molecule has 78 valence electrons. The average molecular weight is 226 g/mol. The van der Waals surface area contributed by atoms with Gasteiger partial charge < -0.3 is 4.90 Å². The molecule has 1 unspecified atom stereocenters. The second-order valence-corrected chi connectivity index (χ2v) is 5.27. The zero-order chi connectivity index (χ0) is 10.5. The number of hydrogen-bond acceptors (Lipinski definition) is 3. The topological polar surface area (TPSA) is 16.1 Å². The second-order valence-electron chi connectivity index (χ2n) is 4.10. The van der Waals surface area contributed by atoms with Crippen LogP contribution in [0.4, 0.5) is 11.4 Å². The Morgan fingerprint density at radius 3 is 3.00 bits per heavy atom. The zero-order valence-corrected chi connectivity index (χ0v) is 9.45. The summed E-state index contributed by atoms with van der Waals surface area (Å²) in [6.45, 7) is 0. The Morgan fingerprint density at radius 1 is 1.12 bits per heavy atom. The monoisotopic (exact) mass is 226 g/mol. The van der Waals surface area contributed by atoms with E-state index in [1.165, 1.54) is 22.0 Å². The van der Waals surface area contributed by atoms with Gasteiger partial charge in [0.05, 0.1) is 11.1 Å². The number of pyridine rings is 1. The molecule has 0 N–H and O–H groups in total. The molecule has 3 heterocycles. The molecule has 16 heavy (non-hydrogen) atoms. The molecule has 2 aliphatic rings. The molecule has 1 aromatic carbocycles. The Balaban J connectivity index is 1.93. The van der Waals surface area contributed by atoms with E-state index in [1.807, 2.05) is 24.0 Å². The van der Waals surface area contributed by atoms with Crippen LogP contribution in [0.1, 0.15) is 5.56 Å². The summed E-state index contributed by atoms with van der Waals surface area (Å²) in [5.41, 5.74) is 4.07. The van der Waals surface area contributed by atoms with Gasteiger partial charge in [0.15, 0.2) is 0 Å². The molecule has 3 heteroatoms. The molecule has 0 aliphatic carbocycles. The summed E-state index contributed by atoms with van der Waals surface area (Å²) >= 11 is 1.88. The Bertz CT molecular complexity index is 518. The molecule has 4 rings (SSSR count). The van der Waals surface area contributed by atoms with Gasteiger partial charge in [0.1, 0.15) is 5.03 Å². The van der Waals surface area contributed by atoms with Gasteiger partial charge in [0.25, 0.3) is 0 Å². The van der Waals surface area contributed by atoms with E-state index < -0.39 is 0 Å². The van der Waals surface area contributed by atoms with Crippen LogP contribution in [0.3, 0.4) is 0 Å². The minimum absolute atomic E-state index is 0.516.